The summed E-state index contributed by atoms with van der Waals surface area (Å²) in [6.45, 7) is 4.97. The number of carbonyl (C=O) groups excluding carboxylic acids is 1. The molecule has 4 nitrogen and oxygen atoms in total. The van der Waals surface area contributed by atoms with Gasteiger partial charge in [-0.1, -0.05) is 0 Å². The number of rotatable bonds is 1. The predicted molar refractivity (Wildman–Crippen MR) is 60.1 cm³/mol. The van der Waals surface area contributed by atoms with Gasteiger partial charge in [-0.3, -0.25) is 4.79 Å². The van der Waals surface area contributed by atoms with Crippen molar-refractivity contribution in [3.8, 4) is 0 Å². The van der Waals surface area contributed by atoms with E-state index in [0.717, 1.165) is 0 Å². The molecule has 0 unspecified atom stereocenters. The van der Waals surface area contributed by atoms with Crippen LogP contribution in [0.25, 0.3) is 0 Å². The van der Waals surface area contributed by atoms with E-state index in [1.807, 2.05) is 13.8 Å². The van der Waals surface area contributed by atoms with Crippen molar-refractivity contribution in [1.82, 2.24) is 9.88 Å². The standard InChI is InChI=1S/C12H15FN2O2/c1-8-6-15(7-9(2)17-8)12(16)10-3-4-11(13)14-5-10/h3-5,8-9H,6-7H2,1-2H3/t8-,9+. The first-order valence-corrected chi connectivity index (χ1v) is 5.62. The smallest absolute Gasteiger partial charge is 0.255 e. The van der Waals surface area contributed by atoms with Crippen molar-refractivity contribution < 1.29 is 13.9 Å². The van der Waals surface area contributed by atoms with Crippen molar-refractivity contribution in [3.05, 3.63) is 29.8 Å². The molecule has 1 fully saturated rings. The third-order valence-electron chi connectivity index (χ3n) is 2.68. The molecule has 2 heterocycles. The van der Waals surface area contributed by atoms with Crippen LogP contribution in [0.3, 0.4) is 0 Å². The summed E-state index contributed by atoms with van der Waals surface area (Å²) in [5.41, 5.74) is 0.410. The highest BCUT2D eigenvalue weighted by atomic mass is 19.1. The maximum Gasteiger partial charge on any atom is 0.255 e. The molecule has 1 aliphatic heterocycles. The second kappa shape index (κ2) is 4.79. The third kappa shape index (κ3) is 2.79. The number of ether oxygens (including phenoxy) is 1. The zero-order chi connectivity index (χ0) is 12.4. The molecular formula is C12H15FN2O2. The van der Waals surface area contributed by atoms with E-state index in [1.165, 1.54) is 18.3 Å². The Labute approximate surface area is 99.4 Å². The molecule has 0 N–H and O–H groups in total. The molecule has 2 atom stereocenters. The molecule has 1 aliphatic rings. The highest BCUT2D eigenvalue weighted by molar-refractivity contribution is 5.94. The molecule has 1 aromatic rings. The van der Waals surface area contributed by atoms with Gasteiger partial charge in [-0.2, -0.15) is 4.39 Å². The molecule has 17 heavy (non-hydrogen) atoms. The van der Waals surface area contributed by atoms with Gasteiger partial charge >= 0.3 is 0 Å². The average Bonchev–Trinajstić information content (AvgIpc) is 2.28. The van der Waals surface area contributed by atoms with Crippen LogP contribution in [0, 0.1) is 5.95 Å². The average molecular weight is 238 g/mol. The van der Waals surface area contributed by atoms with Crippen molar-refractivity contribution >= 4 is 5.91 Å². The van der Waals surface area contributed by atoms with Gasteiger partial charge < -0.3 is 9.64 Å². The maximum absolute atomic E-state index is 12.7. The number of hydrogen-bond acceptors (Lipinski definition) is 3. The predicted octanol–water partition coefficient (Wildman–Crippen LogP) is 1.47. The molecule has 0 spiro atoms. The minimum Gasteiger partial charge on any atom is -0.372 e. The molecular weight excluding hydrogens is 223 g/mol. The van der Waals surface area contributed by atoms with Gasteiger partial charge in [-0.05, 0) is 26.0 Å². The van der Waals surface area contributed by atoms with E-state index in [9.17, 15) is 9.18 Å². The fourth-order valence-electron chi connectivity index (χ4n) is 2.03. The Balaban J connectivity index is 2.11. The summed E-state index contributed by atoms with van der Waals surface area (Å²) >= 11 is 0. The molecule has 0 aromatic carbocycles. The SMILES string of the molecule is C[C@@H]1CN(C(=O)c2ccc(F)nc2)C[C@H](C)O1. The number of amides is 1. The summed E-state index contributed by atoms with van der Waals surface area (Å²) < 4.78 is 18.2. The number of aromatic nitrogens is 1. The van der Waals surface area contributed by atoms with Crippen molar-refractivity contribution in [2.45, 2.75) is 26.1 Å². The van der Waals surface area contributed by atoms with E-state index in [0.29, 0.717) is 18.7 Å². The summed E-state index contributed by atoms with van der Waals surface area (Å²) in [5, 5.41) is 0. The molecule has 1 amide bonds. The summed E-state index contributed by atoms with van der Waals surface area (Å²) in [5.74, 6) is -0.704. The number of carbonyl (C=O) groups is 1. The maximum atomic E-state index is 12.7. The van der Waals surface area contributed by atoms with Crippen LogP contribution in [0.1, 0.15) is 24.2 Å². The van der Waals surface area contributed by atoms with Gasteiger partial charge in [0, 0.05) is 19.3 Å². The van der Waals surface area contributed by atoms with E-state index in [1.54, 1.807) is 4.90 Å². The Morgan fingerprint density at radius 1 is 1.41 bits per heavy atom. The van der Waals surface area contributed by atoms with Gasteiger partial charge in [-0.15, -0.1) is 0 Å². The van der Waals surface area contributed by atoms with Crippen LogP contribution in [-0.2, 0) is 4.74 Å². The Kier molecular flexibility index (Phi) is 3.38. The fraction of sp³-hybridized carbons (Fsp3) is 0.500. The van der Waals surface area contributed by atoms with Crippen molar-refractivity contribution in [3.63, 3.8) is 0 Å². The monoisotopic (exact) mass is 238 g/mol. The first-order chi connectivity index (χ1) is 8.06. The molecule has 0 saturated carbocycles. The highest BCUT2D eigenvalue weighted by Gasteiger charge is 2.26. The van der Waals surface area contributed by atoms with Crippen LogP contribution in [0.5, 0.6) is 0 Å². The van der Waals surface area contributed by atoms with Crippen LogP contribution in [0.2, 0.25) is 0 Å². The van der Waals surface area contributed by atoms with Gasteiger partial charge in [0.2, 0.25) is 5.95 Å². The summed E-state index contributed by atoms with van der Waals surface area (Å²) in [6, 6.07) is 2.65. The Bertz CT molecular complexity index is 397. The van der Waals surface area contributed by atoms with Crippen molar-refractivity contribution in [2.24, 2.45) is 0 Å². The first-order valence-electron chi connectivity index (χ1n) is 5.62. The molecule has 1 aromatic heterocycles. The van der Waals surface area contributed by atoms with Crippen LogP contribution >= 0.6 is 0 Å². The molecule has 0 bridgehead atoms. The minimum absolute atomic E-state index is 0.0242. The van der Waals surface area contributed by atoms with E-state index >= 15 is 0 Å². The van der Waals surface area contributed by atoms with Gasteiger partial charge in [0.1, 0.15) is 0 Å². The second-order valence-corrected chi connectivity index (χ2v) is 4.34. The highest BCUT2D eigenvalue weighted by Crippen LogP contribution is 2.13. The topological polar surface area (TPSA) is 42.4 Å². The van der Waals surface area contributed by atoms with Gasteiger partial charge in [0.05, 0.1) is 17.8 Å². The third-order valence-corrected chi connectivity index (χ3v) is 2.68. The van der Waals surface area contributed by atoms with E-state index < -0.39 is 5.95 Å². The number of hydrogen-bond donors (Lipinski definition) is 0. The lowest BCUT2D eigenvalue weighted by Crippen LogP contribution is -2.48. The zero-order valence-electron chi connectivity index (χ0n) is 9.89. The van der Waals surface area contributed by atoms with Crippen molar-refractivity contribution in [2.75, 3.05) is 13.1 Å². The minimum atomic E-state index is -0.578. The summed E-state index contributed by atoms with van der Waals surface area (Å²) in [7, 11) is 0. The van der Waals surface area contributed by atoms with E-state index in [4.69, 9.17) is 4.74 Å². The number of pyridine rings is 1. The Hall–Kier alpha value is -1.49. The quantitative estimate of drug-likeness (QED) is 0.696. The Morgan fingerprint density at radius 3 is 2.59 bits per heavy atom. The van der Waals surface area contributed by atoms with Crippen LogP contribution in [0.15, 0.2) is 18.3 Å². The van der Waals surface area contributed by atoms with E-state index in [-0.39, 0.29) is 18.1 Å². The van der Waals surface area contributed by atoms with Gasteiger partial charge in [0.15, 0.2) is 0 Å². The Morgan fingerprint density at radius 2 is 2.06 bits per heavy atom. The van der Waals surface area contributed by atoms with E-state index in [2.05, 4.69) is 4.98 Å². The molecule has 1 saturated heterocycles. The molecule has 2 rings (SSSR count). The second-order valence-electron chi connectivity index (χ2n) is 4.34. The van der Waals surface area contributed by atoms with Gasteiger partial charge in [-0.25, -0.2) is 4.98 Å². The normalized spacial score (nSPS) is 24.8. The molecule has 92 valence electrons. The lowest BCUT2D eigenvalue weighted by molar-refractivity contribution is -0.0586. The number of nitrogens with zero attached hydrogens (tertiary/aromatic N) is 2. The largest absolute Gasteiger partial charge is 0.372 e. The molecule has 0 aliphatic carbocycles. The van der Waals surface area contributed by atoms with Crippen molar-refractivity contribution in [1.29, 1.82) is 0 Å². The van der Waals surface area contributed by atoms with Crippen LogP contribution < -0.4 is 0 Å². The summed E-state index contributed by atoms with van der Waals surface area (Å²) in [6.07, 6.45) is 1.31. The zero-order valence-corrected chi connectivity index (χ0v) is 9.89. The van der Waals surface area contributed by atoms with Crippen LogP contribution in [0.4, 0.5) is 4.39 Å². The first kappa shape index (κ1) is 12.0. The van der Waals surface area contributed by atoms with Gasteiger partial charge in [0.25, 0.3) is 5.91 Å². The lowest BCUT2D eigenvalue weighted by atomic mass is 10.2. The van der Waals surface area contributed by atoms with Crippen LogP contribution in [-0.4, -0.2) is 41.1 Å². The summed E-state index contributed by atoms with van der Waals surface area (Å²) in [4.78, 5) is 17.3. The molecule has 0 radical (unpaired) electrons. The number of morpholine rings is 1. The lowest BCUT2D eigenvalue weighted by Gasteiger charge is -2.35. The molecule has 5 heteroatoms. The number of halogens is 1. The fourth-order valence-corrected chi connectivity index (χ4v) is 2.03.